The van der Waals surface area contributed by atoms with Crippen LogP contribution in [0.3, 0.4) is 0 Å². The molecule has 1 saturated carbocycles. The van der Waals surface area contributed by atoms with Gasteiger partial charge in [-0.2, -0.15) is 0 Å². The lowest BCUT2D eigenvalue weighted by molar-refractivity contribution is -0.136. The summed E-state index contributed by atoms with van der Waals surface area (Å²) in [5, 5.41) is 3.17. The van der Waals surface area contributed by atoms with E-state index < -0.39 is 17.4 Å². The Morgan fingerprint density at radius 2 is 1.43 bits per heavy atom. The molecule has 1 spiro atoms. The Hall–Kier alpha value is -3.63. The van der Waals surface area contributed by atoms with Crippen molar-refractivity contribution in [1.82, 2.24) is 20.0 Å². The first-order valence-electron chi connectivity index (χ1n) is 16.5. The molecule has 1 atom stereocenters. The normalized spacial score (nSPS) is 20.5. The SMILES string of the molecule is O=C(N[C@@H](CCN1CCC2(CC1)C(=O)N(Cc1ccc(Br)cc1)C(=O)N2Cc1ccccc1)c1ccccc1)C1CCC(F)(F)CC1. The molecule has 1 N–H and O–H groups in total. The van der Waals surface area contributed by atoms with E-state index in [0.29, 0.717) is 45.4 Å². The van der Waals surface area contributed by atoms with Gasteiger partial charge < -0.3 is 15.1 Å². The van der Waals surface area contributed by atoms with E-state index in [0.717, 1.165) is 21.2 Å². The maximum absolute atomic E-state index is 14.2. The number of amides is 4. The van der Waals surface area contributed by atoms with Gasteiger partial charge in [0.25, 0.3) is 5.91 Å². The van der Waals surface area contributed by atoms with Crippen LogP contribution < -0.4 is 5.32 Å². The third-order valence-corrected chi connectivity index (χ3v) is 10.6. The summed E-state index contributed by atoms with van der Waals surface area (Å²) >= 11 is 3.45. The van der Waals surface area contributed by atoms with E-state index in [1.54, 1.807) is 4.90 Å². The summed E-state index contributed by atoms with van der Waals surface area (Å²) in [5.41, 5.74) is 1.92. The molecule has 10 heteroatoms. The molecule has 0 radical (unpaired) electrons. The number of hydrogen-bond acceptors (Lipinski definition) is 4. The lowest BCUT2D eigenvalue weighted by Gasteiger charge is -2.42. The number of likely N-dealkylation sites (tertiary alicyclic amines) is 1. The monoisotopic (exact) mass is 706 g/mol. The number of nitrogens with zero attached hydrogens (tertiary/aromatic N) is 3. The van der Waals surface area contributed by atoms with Crippen LogP contribution in [0.1, 0.15) is 67.7 Å². The Kier molecular flexibility index (Phi) is 10.1. The van der Waals surface area contributed by atoms with Crippen molar-refractivity contribution in [1.29, 1.82) is 0 Å². The van der Waals surface area contributed by atoms with Crippen molar-refractivity contribution in [2.24, 2.45) is 5.92 Å². The topological polar surface area (TPSA) is 73.0 Å². The summed E-state index contributed by atoms with van der Waals surface area (Å²) < 4.78 is 28.4. The predicted molar refractivity (Wildman–Crippen MR) is 179 cm³/mol. The summed E-state index contributed by atoms with van der Waals surface area (Å²) in [5.74, 6) is -3.39. The van der Waals surface area contributed by atoms with Gasteiger partial charge >= 0.3 is 6.03 Å². The minimum Gasteiger partial charge on any atom is -0.349 e. The third-order valence-electron chi connectivity index (χ3n) is 10.1. The molecule has 0 aromatic heterocycles. The van der Waals surface area contributed by atoms with Crippen molar-refractivity contribution in [2.45, 2.75) is 75.5 Å². The number of alkyl halides is 2. The maximum Gasteiger partial charge on any atom is 0.328 e. The second-order valence-electron chi connectivity index (χ2n) is 13.1. The molecule has 0 bridgehead atoms. The Morgan fingerprint density at radius 1 is 0.830 bits per heavy atom. The molecule has 2 heterocycles. The van der Waals surface area contributed by atoms with Crippen molar-refractivity contribution in [3.8, 4) is 0 Å². The van der Waals surface area contributed by atoms with Gasteiger partial charge in [-0.25, -0.2) is 13.6 Å². The number of nitrogens with one attached hydrogen (secondary N) is 1. The lowest BCUT2D eigenvalue weighted by atomic mass is 9.85. The first kappa shape index (κ1) is 33.3. The number of urea groups is 1. The molecule has 4 amide bonds. The van der Waals surface area contributed by atoms with Crippen molar-refractivity contribution < 1.29 is 23.2 Å². The van der Waals surface area contributed by atoms with Gasteiger partial charge in [-0.3, -0.25) is 14.5 Å². The van der Waals surface area contributed by atoms with Gasteiger partial charge in [0, 0.05) is 49.4 Å². The van der Waals surface area contributed by atoms with Crippen molar-refractivity contribution in [3.63, 3.8) is 0 Å². The second kappa shape index (κ2) is 14.2. The zero-order valence-electron chi connectivity index (χ0n) is 26.4. The summed E-state index contributed by atoms with van der Waals surface area (Å²) in [6, 6.07) is 26.7. The number of carbonyl (C=O) groups excluding carboxylic acids is 3. The smallest absolute Gasteiger partial charge is 0.328 e. The van der Waals surface area contributed by atoms with Gasteiger partial charge in [0.2, 0.25) is 11.8 Å². The fraction of sp³-hybridized carbons (Fsp3) is 0.432. The Balaban J connectivity index is 1.13. The van der Waals surface area contributed by atoms with E-state index >= 15 is 0 Å². The molecule has 3 aromatic carbocycles. The molecular formula is C37H41BrF2N4O3. The van der Waals surface area contributed by atoms with Crippen LogP contribution >= 0.6 is 15.9 Å². The molecule has 47 heavy (non-hydrogen) atoms. The quantitative estimate of drug-likeness (QED) is 0.224. The van der Waals surface area contributed by atoms with E-state index in [-0.39, 0.29) is 56.1 Å². The average Bonchev–Trinajstić information content (AvgIpc) is 3.26. The zero-order chi connectivity index (χ0) is 33.0. The number of benzene rings is 3. The van der Waals surface area contributed by atoms with Crippen LogP contribution in [0.25, 0.3) is 0 Å². The number of piperidine rings is 1. The van der Waals surface area contributed by atoms with Gasteiger partial charge in [-0.15, -0.1) is 0 Å². The number of imide groups is 1. The highest BCUT2D eigenvalue weighted by Gasteiger charge is 2.57. The summed E-state index contributed by atoms with van der Waals surface area (Å²) in [6.07, 6.45) is 1.56. The van der Waals surface area contributed by atoms with E-state index in [1.165, 1.54) is 4.90 Å². The third kappa shape index (κ3) is 7.59. The van der Waals surface area contributed by atoms with Gasteiger partial charge in [0.15, 0.2) is 0 Å². The molecule has 2 aliphatic heterocycles. The molecule has 6 rings (SSSR count). The van der Waals surface area contributed by atoms with Crippen LogP contribution in [-0.4, -0.2) is 63.6 Å². The van der Waals surface area contributed by atoms with E-state index in [4.69, 9.17) is 0 Å². The van der Waals surface area contributed by atoms with Crippen molar-refractivity contribution in [2.75, 3.05) is 19.6 Å². The number of hydrogen-bond donors (Lipinski definition) is 1. The Morgan fingerprint density at radius 3 is 2.06 bits per heavy atom. The molecule has 248 valence electrons. The van der Waals surface area contributed by atoms with E-state index in [2.05, 4.69) is 26.1 Å². The first-order chi connectivity index (χ1) is 22.6. The second-order valence-corrected chi connectivity index (χ2v) is 14.1. The molecular weight excluding hydrogens is 666 g/mol. The summed E-state index contributed by atoms with van der Waals surface area (Å²) in [7, 11) is 0. The molecule has 7 nitrogen and oxygen atoms in total. The highest BCUT2D eigenvalue weighted by Crippen LogP contribution is 2.40. The largest absolute Gasteiger partial charge is 0.349 e. The Bertz CT molecular complexity index is 1540. The highest BCUT2D eigenvalue weighted by atomic mass is 79.9. The van der Waals surface area contributed by atoms with Crippen LogP contribution in [0.15, 0.2) is 89.4 Å². The molecule has 3 aromatic rings. The van der Waals surface area contributed by atoms with Crippen LogP contribution in [0, 0.1) is 5.92 Å². The van der Waals surface area contributed by atoms with Crippen molar-refractivity contribution in [3.05, 3.63) is 106 Å². The maximum atomic E-state index is 14.2. The number of rotatable bonds is 10. The van der Waals surface area contributed by atoms with Crippen LogP contribution in [0.5, 0.6) is 0 Å². The fourth-order valence-corrected chi connectivity index (χ4v) is 7.48. The number of halogens is 3. The van der Waals surface area contributed by atoms with Crippen molar-refractivity contribution >= 4 is 33.8 Å². The molecule has 1 aliphatic carbocycles. The van der Waals surface area contributed by atoms with Crippen LogP contribution in [0.4, 0.5) is 13.6 Å². The first-order valence-corrected chi connectivity index (χ1v) is 17.3. The lowest BCUT2D eigenvalue weighted by Crippen LogP contribution is -2.56. The Labute approximate surface area is 283 Å². The van der Waals surface area contributed by atoms with E-state index in [9.17, 15) is 23.2 Å². The van der Waals surface area contributed by atoms with E-state index in [1.807, 2.05) is 84.9 Å². The number of carbonyl (C=O) groups is 3. The highest BCUT2D eigenvalue weighted by molar-refractivity contribution is 9.10. The molecule has 0 unspecified atom stereocenters. The predicted octanol–water partition coefficient (Wildman–Crippen LogP) is 7.32. The van der Waals surface area contributed by atoms with Gasteiger partial charge in [-0.1, -0.05) is 88.7 Å². The summed E-state index contributed by atoms with van der Waals surface area (Å²) in [4.78, 5) is 46.8. The van der Waals surface area contributed by atoms with Gasteiger partial charge in [0.05, 0.1) is 12.6 Å². The minimum atomic E-state index is -2.68. The minimum absolute atomic E-state index is 0.145. The summed E-state index contributed by atoms with van der Waals surface area (Å²) in [6.45, 7) is 2.52. The molecule has 3 fully saturated rings. The standard InChI is InChI=1S/C37H41BrF2N4O3/c38-31-13-11-28(12-14-31)25-43-34(46)36(44(35(43)47)26-27-7-3-1-4-8-27)20-23-42(24-21-36)22-17-32(29-9-5-2-6-10-29)41-33(45)30-15-18-37(39,40)19-16-30/h1-14,30,32H,15-26H2,(H,41,45)/t32-/m0/s1. The van der Waals surface area contributed by atoms with Crippen LogP contribution in [-0.2, 0) is 22.7 Å². The van der Waals surface area contributed by atoms with Gasteiger partial charge in [0.1, 0.15) is 5.54 Å². The van der Waals surface area contributed by atoms with Crippen LogP contribution in [0.2, 0.25) is 0 Å². The fourth-order valence-electron chi connectivity index (χ4n) is 7.22. The molecule has 3 aliphatic rings. The molecule has 2 saturated heterocycles. The average molecular weight is 708 g/mol. The zero-order valence-corrected chi connectivity index (χ0v) is 28.0. The van der Waals surface area contributed by atoms with Gasteiger partial charge in [-0.05, 0) is 60.9 Å².